The van der Waals surface area contributed by atoms with Crippen molar-refractivity contribution in [1.29, 1.82) is 0 Å². The molecular formula is C75H56N4O2. The average molecular weight is 1050 g/mol. The van der Waals surface area contributed by atoms with E-state index in [2.05, 4.69) is 284 Å². The lowest BCUT2D eigenvalue weighted by Gasteiger charge is -2.26. The summed E-state index contributed by atoms with van der Waals surface area (Å²) < 4.78 is 16.2. The van der Waals surface area contributed by atoms with Crippen molar-refractivity contribution in [2.75, 3.05) is 9.80 Å². The maximum absolute atomic E-state index is 6.91. The van der Waals surface area contributed by atoms with Crippen molar-refractivity contribution in [2.24, 2.45) is 0 Å². The number of aryl methyl sites for hydroxylation is 1. The molecule has 4 heterocycles. The first-order valence-corrected chi connectivity index (χ1v) is 28.3. The number of aromatic amines is 1. The quantitative estimate of drug-likeness (QED) is 0.157. The van der Waals surface area contributed by atoms with Crippen molar-refractivity contribution < 1.29 is 8.83 Å². The minimum atomic E-state index is 0.426. The molecule has 0 unspecified atom stereocenters. The molecule has 16 aromatic rings. The van der Waals surface area contributed by atoms with Crippen LogP contribution < -0.4 is 9.80 Å². The third kappa shape index (κ3) is 7.47. The van der Waals surface area contributed by atoms with Crippen LogP contribution in [-0.2, 0) is 0 Å². The standard InChI is InChI=1S/C75H56N4O2/c1-44(2)47-19-25-54(26-20-47)77(58-31-33-69-62(41-58)60-15-9-11-17-68(60)76-69)56-29-23-49-37-64-66-43-67-65-38-50-24-30-57(36-52(50)40-73(65)81-75(67)46(5)74(66)80-72(64)39-51(49)35-56)78(55-27-21-48(22-28-55)45(3)4)59-32-34-71-63(42-59)61-16-10-12-18-70(61)79(71)53-13-7-6-8-14-53/h6-45,76H,1-5H3. The number of hydrogen-bond acceptors (Lipinski definition) is 4. The molecule has 0 fully saturated rings. The molecule has 0 aliphatic rings. The van der Waals surface area contributed by atoms with Crippen LogP contribution in [0.4, 0.5) is 34.1 Å². The predicted octanol–water partition coefficient (Wildman–Crippen LogP) is 22.0. The molecule has 12 aromatic carbocycles. The van der Waals surface area contributed by atoms with Gasteiger partial charge in [0, 0.05) is 99.5 Å². The molecule has 0 aliphatic heterocycles. The number of para-hydroxylation sites is 3. The van der Waals surface area contributed by atoms with E-state index in [-0.39, 0.29) is 0 Å². The van der Waals surface area contributed by atoms with Gasteiger partial charge in [-0.1, -0.05) is 119 Å². The van der Waals surface area contributed by atoms with Gasteiger partial charge < -0.3 is 28.2 Å². The first kappa shape index (κ1) is 47.0. The first-order chi connectivity index (χ1) is 39.7. The molecule has 0 radical (unpaired) electrons. The minimum Gasteiger partial charge on any atom is -0.456 e. The molecule has 0 saturated carbocycles. The SMILES string of the molecule is Cc1c2oc3cc4cc(N(c5ccc(C(C)C)cc5)c5ccc6[nH]c7ccccc7c6c5)ccc4cc3c2cc2c1oc1cc3cc(N(c4ccc(C(C)C)cc4)c4ccc5c(c4)c4ccccc4n5-c4ccccc4)ccc3cc12. The lowest BCUT2D eigenvalue weighted by Crippen LogP contribution is -2.10. The lowest BCUT2D eigenvalue weighted by molar-refractivity contribution is 0.651. The second kappa shape index (κ2) is 18.0. The number of aromatic nitrogens is 2. The Bertz CT molecular complexity index is 5190. The van der Waals surface area contributed by atoms with E-state index >= 15 is 0 Å². The summed E-state index contributed by atoms with van der Waals surface area (Å²) in [4.78, 5) is 8.38. The van der Waals surface area contributed by atoms with E-state index in [1.165, 1.54) is 43.7 Å². The highest BCUT2D eigenvalue weighted by atomic mass is 16.3. The number of fused-ring (bicyclic) bond motifs is 14. The van der Waals surface area contributed by atoms with E-state index in [0.29, 0.717) is 11.8 Å². The maximum atomic E-state index is 6.91. The van der Waals surface area contributed by atoms with Crippen molar-refractivity contribution >= 4 is 143 Å². The van der Waals surface area contributed by atoms with Gasteiger partial charge >= 0.3 is 0 Å². The largest absolute Gasteiger partial charge is 0.456 e. The number of nitrogens with one attached hydrogen (secondary N) is 1. The number of anilines is 6. The van der Waals surface area contributed by atoms with E-state index in [4.69, 9.17) is 8.83 Å². The van der Waals surface area contributed by atoms with Gasteiger partial charge in [-0.25, -0.2) is 0 Å². The normalized spacial score (nSPS) is 12.2. The maximum Gasteiger partial charge on any atom is 0.142 e. The van der Waals surface area contributed by atoms with Crippen LogP contribution in [0.1, 0.15) is 56.2 Å². The van der Waals surface area contributed by atoms with E-state index in [0.717, 1.165) is 122 Å². The molecule has 0 spiro atoms. The number of nitrogens with zero attached hydrogens (tertiary/aromatic N) is 3. The fraction of sp³-hybridized carbons (Fsp3) is 0.0933. The van der Waals surface area contributed by atoms with Gasteiger partial charge in [-0.05, 0) is 191 Å². The molecular weight excluding hydrogens is 989 g/mol. The highest BCUT2D eigenvalue weighted by molar-refractivity contribution is 6.20. The monoisotopic (exact) mass is 1040 g/mol. The molecule has 0 aliphatic carbocycles. The van der Waals surface area contributed by atoms with Gasteiger partial charge in [-0.3, -0.25) is 0 Å². The van der Waals surface area contributed by atoms with Gasteiger partial charge in [0.25, 0.3) is 0 Å². The van der Waals surface area contributed by atoms with Crippen molar-refractivity contribution in [3.05, 3.63) is 247 Å². The van der Waals surface area contributed by atoms with Crippen molar-refractivity contribution in [1.82, 2.24) is 9.55 Å². The molecule has 0 amide bonds. The van der Waals surface area contributed by atoms with Crippen LogP contribution in [0.2, 0.25) is 0 Å². The zero-order valence-corrected chi connectivity index (χ0v) is 45.8. The van der Waals surface area contributed by atoms with Crippen LogP contribution in [0.5, 0.6) is 0 Å². The molecule has 0 bridgehead atoms. The van der Waals surface area contributed by atoms with Gasteiger partial charge in [-0.2, -0.15) is 0 Å². The average Bonchev–Trinajstić information content (AvgIpc) is 3.50. The lowest BCUT2D eigenvalue weighted by atomic mass is 10.00. The second-order valence-electron chi connectivity index (χ2n) is 22.7. The van der Waals surface area contributed by atoms with E-state index in [1.54, 1.807) is 0 Å². The molecule has 16 rings (SSSR count). The van der Waals surface area contributed by atoms with Crippen LogP contribution in [0, 0.1) is 6.92 Å². The second-order valence-corrected chi connectivity index (χ2v) is 22.7. The van der Waals surface area contributed by atoms with E-state index < -0.39 is 0 Å². The molecule has 4 aromatic heterocycles. The summed E-state index contributed by atoms with van der Waals surface area (Å²) in [5.74, 6) is 0.865. The fourth-order valence-electron chi connectivity index (χ4n) is 12.9. The Morgan fingerprint density at radius 1 is 0.346 bits per heavy atom. The number of rotatable bonds is 9. The minimum absolute atomic E-state index is 0.426. The third-order valence-electron chi connectivity index (χ3n) is 17.1. The highest BCUT2D eigenvalue weighted by Gasteiger charge is 2.23. The van der Waals surface area contributed by atoms with Crippen molar-refractivity contribution in [2.45, 2.75) is 46.5 Å². The van der Waals surface area contributed by atoms with Gasteiger partial charge in [0.15, 0.2) is 0 Å². The topological polar surface area (TPSA) is 53.5 Å². The van der Waals surface area contributed by atoms with Crippen LogP contribution >= 0.6 is 0 Å². The highest BCUT2D eigenvalue weighted by Crippen LogP contribution is 2.46. The summed E-state index contributed by atoms with van der Waals surface area (Å²) in [5, 5.41) is 13.7. The summed E-state index contributed by atoms with van der Waals surface area (Å²) in [6.07, 6.45) is 0. The molecule has 0 atom stereocenters. The fourth-order valence-corrected chi connectivity index (χ4v) is 12.9. The molecule has 81 heavy (non-hydrogen) atoms. The Kier molecular flexibility index (Phi) is 10.4. The molecule has 1 N–H and O–H groups in total. The Balaban J connectivity index is 0.795. The van der Waals surface area contributed by atoms with Crippen LogP contribution in [-0.4, -0.2) is 9.55 Å². The number of furan rings is 2. The summed E-state index contributed by atoms with van der Waals surface area (Å²) in [7, 11) is 0. The number of hydrogen-bond donors (Lipinski definition) is 1. The Hall–Kier alpha value is -10.0. The summed E-state index contributed by atoms with van der Waals surface area (Å²) in [6.45, 7) is 11.1. The van der Waals surface area contributed by atoms with Gasteiger partial charge in [0.2, 0.25) is 0 Å². The van der Waals surface area contributed by atoms with Crippen LogP contribution in [0.15, 0.2) is 239 Å². The number of benzene rings is 12. The smallest absolute Gasteiger partial charge is 0.142 e. The zero-order valence-electron chi connectivity index (χ0n) is 45.8. The first-order valence-electron chi connectivity index (χ1n) is 28.3. The van der Waals surface area contributed by atoms with E-state index in [1.807, 2.05) is 0 Å². The molecule has 0 saturated heterocycles. The molecule has 6 heteroatoms. The molecule has 6 nitrogen and oxygen atoms in total. The summed E-state index contributed by atoms with van der Waals surface area (Å²) in [5.41, 5.74) is 19.3. The zero-order chi connectivity index (χ0) is 54.2. The Labute approximate surface area is 468 Å². The van der Waals surface area contributed by atoms with E-state index in [9.17, 15) is 0 Å². The third-order valence-corrected chi connectivity index (χ3v) is 17.1. The van der Waals surface area contributed by atoms with Crippen LogP contribution in [0.25, 0.3) is 115 Å². The van der Waals surface area contributed by atoms with Crippen LogP contribution in [0.3, 0.4) is 0 Å². The number of H-pyrrole nitrogens is 1. The Morgan fingerprint density at radius 2 is 0.815 bits per heavy atom. The molecule has 388 valence electrons. The van der Waals surface area contributed by atoms with Crippen molar-refractivity contribution in [3.8, 4) is 5.69 Å². The summed E-state index contributed by atoms with van der Waals surface area (Å²) >= 11 is 0. The Morgan fingerprint density at radius 3 is 1.41 bits per heavy atom. The van der Waals surface area contributed by atoms with Crippen molar-refractivity contribution in [3.63, 3.8) is 0 Å². The van der Waals surface area contributed by atoms with Gasteiger partial charge in [0.1, 0.15) is 22.3 Å². The van der Waals surface area contributed by atoms with Gasteiger partial charge in [-0.15, -0.1) is 0 Å². The predicted molar refractivity (Wildman–Crippen MR) is 342 cm³/mol. The summed E-state index contributed by atoms with van der Waals surface area (Å²) in [6, 6.07) is 84.6. The van der Waals surface area contributed by atoms with Gasteiger partial charge in [0.05, 0.1) is 11.0 Å².